The van der Waals surface area contributed by atoms with Gasteiger partial charge in [0.2, 0.25) is 10.0 Å². The average Bonchev–Trinajstić information content (AvgIpc) is 2.10. The quantitative estimate of drug-likeness (QED) is 0.869. The Balaban J connectivity index is 2.94. The lowest BCUT2D eigenvalue weighted by atomic mass is 10.2. The van der Waals surface area contributed by atoms with Crippen LogP contribution in [0.25, 0.3) is 0 Å². The first-order chi connectivity index (χ1) is 6.94. The first-order valence-corrected chi connectivity index (χ1v) is 7.25. The van der Waals surface area contributed by atoms with E-state index in [2.05, 4.69) is 20.7 Å². The van der Waals surface area contributed by atoms with E-state index < -0.39 is 10.0 Å². The smallest absolute Gasteiger partial charge is 0.233 e. The molecule has 15 heavy (non-hydrogen) atoms. The number of nitrogens with one attached hydrogen (secondary N) is 1. The summed E-state index contributed by atoms with van der Waals surface area (Å²) in [4.78, 5) is 0. The third-order valence-electron chi connectivity index (χ3n) is 1.81. The number of rotatable bonds is 4. The topological polar surface area (TPSA) is 46.2 Å². The van der Waals surface area contributed by atoms with E-state index in [1.165, 1.54) is 0 Å². The lowest BCUT2D eigenvalue weighted by Crippen LogP contribution is -2.18. The van der Waals surface area contributed by atoms with Crippen LogP contribution in [-0.4, -0.2) is 20.1 Å². The molecule has 1 aromatic carbocycles. The molecule has 0 bridgehead atoms. The van der Waals surface area contributed by atoms with Gasteiger partial charge in [0.15, 0.2) is 0 Å². The number of hydrogen-bond donors (Lipinski definition) is 1. The summed E-state index contributed by atoms with van der Waals surface area (Å²) in [7, 11) is -3.33. The molecule has 0 aliphatic heterocycles. The molecule has 1 aromatic rings. The van der Waals surface area contributed by atoms with Crippen LogP contribution in [0, 0.1) is 6.92 Å². The highest BCUT2D eigenvalue weighted by molar-refractivity contribution is 9.10. The van der Waals surface area contributed by atoms with Crippen molar-refractivity contribution in [3.63, 3.8) is 0 Å². The molecule has 3 nitrogen and oxygen atoms in total. The van der Waals surface area contributed by atoms with E-state index in [0.717, 1.165) is 10.0 Å². The molecule has 0 radical (unpaired) electrons. The van der Waals surface area contributed by atoms with Gasteiger partial charge in [-0.2, -0.15) is 0 Å². The number of sulfonamides is 1. The van der Waals surface area contributed by atoms with Crippen molar-refractivity contribution in [3.05, 3.63) is 28.2 Å². The molecule has 0 atom stereocenters. The third kappa shape index (κ3) is 4.01. The van der Waals surface area contributed by atoms with Crippen molar-refractivity contribution < 1.29 is 8.42 Å². The van der Waals surface area contributed by atoms with Crippen molar-refractivity contribution in [2.75, 3.05) is 16.4 Å². The molecule has 0 fully saturated rings. The molecule has 6 heteroatoms. The summed E-state index contributed by atoms with van der Waals surface area (Å²) in [6, 6.07) is 5.42. The van der Waals surface area contributed by atoms with Gasteiger partial charge in [0.1, 0.15) is 0 Å². The standard InChI is InChI=1S/C9H11BrClNO2S/c1-7-2-3-8(10)6-9(7)12-15(13,14)5-4-11/h2-3,6,12H,4-5H2,1H3. The van der Waals surface area contributed by atoms with Gasteiger partial charge in [0, 0.05) is 10.4 Å². The molecule has 0 amide bonds. The van der Waals surface area contributed by atoms with E-state index >= 15 is 0 Å². The molecule has 0 unspecified atom stereocenters. The molecule has 0 heterocycles. The van der Waals surface area contributed by atoms with Crippen LogP contribution in [0.3, 0.4) is 0 Å². The molecule has 84 valence electrons. The van der Waals surface area contributed by atoms with E-state index in [-0.39, 0.29) is 11.6 Å². The number of halogens is 2. The second-order valence-electron chi connectivity index (χ2n) is 3.07. The van der Waals surface area contributed by atoms with Crippen LogP contribution in [0.15, 0.2) is 22.7 Å². The summed E-state index contributed by atoms with van der Waals surface area (Å²) in [6.07, 6.45) is 0. The zero-order valence-corrected chi connectivity index (χ0v) is 11.3. The second kappa shape index (κ2) is 5.18. The second-order valence-corrected chi connectivity index (χ2v) is 6.20. The Hall–Kier alpha value is -0.260. The highest BCUT2D eigenvalue weighted by Gasteiger charge is 2.10. The van der Waals surface area contributed by atoms with Gasteiger partial charge in [-0.05, 0) is 24.6 Å². The van der Waals surface area contributed by atoms with E-state index in [9.17, 15) is 8.42 Å². The predicted octanol–water partition coefficient (Wildman–Crippen LogP) is 2.74. The fraction of sp³-hybridized carbons (Fsp3) is 0.333. The largest absolute Gasteiger partial charge is 0.283 e. The van der Waals surface area contributed by atoms with Gasteiger partial charge in [-0.25, -0.2) is 8.42 Å². The van der Waals surface area contributed by atoms with Crippen LogP contribution in [0.5, 0.6) is 0 Å². The Morgan fingerprint density at radius 2 is 2.13 bits per heavy atom. The minimum atomic E-state index is -3.33. The van der Waals surface area contributed by atoms with Crippen LogP contribution in [0.4, 0.5) is 5.69 Å². The molecule has 0 aliphatic carbocycles. The van der Waals surface area contributed by atoms with Crippen LogP contribution in [0.1, 0.15) is 5.56 Å². The van der Waals surface area contributed by atoms with Gasteiger partial charge >= 0.3 is 0 Å². The maximum atomic E-state index is 11.5. The van der Waals surface area contributed by atoms with Crippen LogP contribution >= 0.6 is 27.5 Å². The minimum absolute atomic E-state index is 0.0828. The normalized spacial score (nSPS) is 11.4. The summed E-state index contributed by atoms with van der Waals surface area (Å²) in [5.74, 6) is 0.00287. The van der Waals surface area contributed by atoms with Crippen molar-refractivity contribution in [2.24, 2.45) is 0 Å². The van der Waals surface area contributed by atoms with Crippen molar-refractivity contribution in [2.45, 2.75) is 6.92 Å². The molecule has 1 rings (SSSR count). The highest BCUT2D eigenvalue weighted by atomic mass is 79.9. The molecule has 1 N–H and O–H groups in total. The highest BCUT2D eigenvalue weighted by Crippen LogP contribution is 2.21. The van der Waals surface area contributed by atoms with Crippen LogP contribution in [-0.2, 0) is 10.0 Å². The van der Waals surface area contributed by atoms with Crippen LogP contribution < -0.4 is 4.72 Å². The lowest BCUT2D eigenvalue weighted by molar-refractivity contribution is 0.602. The van der Waals surface area contributed by atoms with E-state index in [1.54, 1.807) is 6.07 Å². The lowest BCUT2D eigenvalue weighted by Gasteiger charge is -2.09. The van der Waals surface area contributed by atoms with E-state index in [4.69, 9.17) is 11.6 Å². The van der Waals surface area contributed by atoms with Crippen molar-refractivity contribution >= 4 is 43.2 Å². The van der Waals surface area contributed by atoms with E-state index in [1.807, 2.05) is 19.1 Å². The Bertz CT molecular complexity index is 447. The van der Waals surface area contributed by atoms with Gasteiger partial charge in [0.05, 0.1) is 11.4 Å². The molecule has 0 spiro atoms. The number of benzene rings is 1. The molecule has 0 aromatic heterocycles. The number of alkyl halides is 1. The zero-order chi connectivity index (χ0) is 11.5. The summed E-state index contributed by atoms with van der Waals surface area (Å²) < 4.78 is 26.2. The van der Waals surface area contributed by atoms with E-state index in [0.29, 0.717) is 5.69 Å². The van der Waals surface area contributed by atoms with Gasteiger partial charge < -0.3 is 0 Å². The van der Waals surface area contributed by atoms with Gasteiger partial charge in [-0.15, -0.1) is 11.6 Å². The van der Waals surface area contributed by atoms with Gasteiger partial charge in [-0.1, -0.05) is 22.0 Å². The number of hydrogen-bond acceptors (Lipinski definition) is 2. The maximum absolute atomic E-state index is 11.5. The van der Waals surface area contributed by atoms with Crippen molar-refractivity contribution in [1.82, 2.24) is 0 Å². The predicted molar refractivity (Wildman–Crippen MR) is 67.0 cm³/mol. The Labute approximate surface area is 103 Å². The van der Waals surface area contributed by atoms with Gasteiger partial charge in [0.25, 0.3) is 0 Å². The fourth-order valence-electron chi connectivity index (χ4n) is 1.02. The molecule has 0 aliphatic rings. The third-order valence-corrected chi connectivity index (χ3v) is 3.99. The molecular formula is C9H11BrClNO2S. The average molecular weight is 313 g/mol. The summed E-state index contributed by atoms with van der Waals surface area (Å²) in [5.41, 5.74) is 1.45. The van der Waals surface area contributed by atoms with Gasteiger partial charge in [-0.3, -0.25) is 4.72 Å². The first kappa shape index (κ1) is 12.8. The minimum Gasteiger partial charge on any atom is -0.283 e. The Morgan fingerprint density at radius 3 is 2.73 bits per heavy atom. The zero-order valence-electron chi connectivity index (χ0n) is 8.13. The number of anilines is 1. The molecule has 0 saturated heterocycles. The Kier molecular flexibility index (Phi) is 4.43. The van der Waals surface area contributed by atoms with Crippen molar-refractivity contribution in [1.29, 1.82) is 0 Å². The molecular weight excluding hydrogens is 302 g/mol. The maximum Gasteiger partial charge on any atom is 0.233 e. The molecule has 0 saturated carbocycles. The van der Waals surface area contributed by atoms with Crippen molar-refractivity contribution in [3.8, 4) is 0 Å². The summed E-state index contributed by atoms with van der Waals surface area (Å²) in [6.45, 7) is 1.84. The fourth-order valence-corrected chi connectivity index (χ4v) is 2.85. The summed E-state index contributed by atoms with van der Waals surface area (Å²) >= 11 is 8.68. The summed E-state index contributed by atoms with van der Waals surface area (Å²) in [5, 5.41) is 0. The van der Waals surface area contributed by atoms with Crippen LogP contribution in [0.2, 0.25) is 0 Å². The first-order valence-electron chi connectivity index (χ1n) is 4.27. The SMILES string of the molecule is Cc1ccc(Br)cc1NS(=O)(=O)CCCl. The number of aryl methyl sites for hydroxylation is 1. The monoisotopic (exact) mass is 311 g/mol. The Morgan fingerprint density at radius 1 is 1.47 bits per heavy atom.